The first-order chi connectivity index (χ1) is 8.69. The Balaban J connectivity index is 2.26. The fraction of sp³-hybridized carbons (Fsp3) is 0.308. The third-order valence-corrected chi connectivity index (χ3v) is 2.34. The zero-order valence-corrected chi connectivity index (χ0v) is 10.8. The van der Waals surface area contributed by atoms with Crippen molar-refractivity contribution in [3.63, 3.8) is 0 Å². The summed E-state index contributed by atoms with van der Waals surface area (Å²) in [5, 5.41) is 3.07. The first-order valence-corrected chi connectivity index (χ1v) is 5.88. The van der Waals surface area contributed by atoms with Gasteiger partial charge in [0.2, 0.25) is 11.8 Å². The van der Waals surface area contributed by atoms with Crippen LogP contribution in [0.5, 0.6) is 11.6 Å². The van der Waals surface area contributed by atoms with E-state index in [4.69, 9.17) is 4.74 Å². The van der Waals surface area contributed by atoms with Gasteiger partial charge < -0.3 is 10.1 Å². The van der Waals surface area contributed by atoms with Gasteiger partial charge in [0.15, 0.2) is 5.75 Å². The second kappa shape index (κ2) is 5.44. The van der Waals surface area contributed by atoms with Crippen LogP contribution < -0.4 is 10.1 Å². The summed E-state index contributed by atoms with van der Waals surface area (Å²) in [6, 6.07) is 5.50. The average Bonchev–Trinajstić information content (AvgIpc) is 2.32. The van der Waals surface area contributed by atoms with Gasteiger partial charge >= 0.3 is 0 Å². The van der Waals surface area contributed by atoms with Gasteiger partial charge in [-0.15, -0.1) is 0 Å². The summed E-state index contributed by atoms with van der Waals surface area (Å²) in [6.45, 7) is 6.58. The van der Waals surface area contributed by atoms with Crippen molar-refractivity contribution >= 4 is 5.95 Å². The number of hydrogen-bond donors (Lipinski definition) is 1. The maximum absolute atomic E-state index is 5.72. The summed E-state index contributed by atoms with van der Waals surface area (Å²) in [5.74, 6) is 1.81. The Hall–Kier alpha value is -2.17. The van der Waals surface area contributed by atoms with E-state index in [1.807, 2.05) is 32.9 Å². The van der Waals surface area contributed by atoms with E-state index < -0.39 is 0 Å². The van der Waals surface area contributed by atoms with Crippen LogP contribution in [0.25, 0.3) is 0 Å². The van der Waals surface area contributed by atoms with Crippen LogP contribution >= 0.6 is 0 Å². The molecular formula is C13H16N4O. The molecule has 2 aromatic rings. The van der Waals surface area contributed by atoms with Gasteiger partial charge in [0, 0.05) is 24.5 Å². The third-order valence-electron chi connectivity index (χ3n) is 2.34. The number of aryl methyl sites for hydroxylation is 2. The molecule has 0 aliphatic rings. The molecule has 0 saturated carbocycles. The normalized spacial score (nSPS) is 10.2. The molecule has 0 bridgehead atoms. The van der Waals surface area contributed by atoms with E-state index in [1.165, 1.54) is 0 Å². The predicted molar refractivity (Wildman–Crippen MR) is 70.0 cm³/mol. The minimum atomic E-state index is 0.523. The highest BCUT2D eigenvalue weighted by Crippen LogP contribution is 2.22. The van der Waals surface area contributed by atoms with Gasteiger partial charge in [-0.2, -0.15) is 4.98 Å². The van der Waals surface area contributed by atoms with Crippen molar-refractivity contribution in [1.82, 2.24) is 15.0 Å². The topological polar surface area (TPSA) is 59.9 Å². The molecule has 18 heavy (non-hydrogen) atoms. The molecule has 2 rings (SSSR count). The highest BCUT2D eigenvalue weighted by Gasteiger charge is 2.05. The molecular weight excluding hydrogens is 228 g/mol. The zero-order valence-electron chi connectivity index (χ0n) is 10.8. The summed E-state index contributed by atoms with van der Waals surface area (Å²) in [4.78, 5) is 12.7. The quantitative estimate of drug-likeness (QED) is 0.896. The van der Waals surface area contributed by atoms with E-state index in [-0.39, 0.29) is 0 Å². The van der Waals surface area contributed by atoms with E-state index >= 15 is 0 Å². The van der Waals surface area contributed by atoms with Crippen LogP contribution in [-0.2, 0) is 0 Å². The maximum atomic E-state index is 5.72. The second-order valence-electron chi connectivity index (χ2n) is 3.89. The number of anilines is 1. The smallest absolute Gasteiger partial charge is 0.226 e. The molecule has 94 valence electrons. The zero-order chi connectivity index (χ0) is 13.0. The number of nitrogens with one attached hydrogen (secondary N) is 1. The van der Waals surface area contributed by atoms with E-state index in [9.17, 15) is 0 Å². The summed E-state index contributed by atoms with van der Waals surface area (Å²) >= 11 is 0. The van der Waals surface area contributed by atoms with Gasteiger partial charge in [-0.25, -0.2) is 4.98 Å². The van der Waals surface area contributed by atoms with E-state index in [0.717, 1.165) is 17.9 Å². The largest absolute Gasteiger partial charge is 0.437 e. The Bertz CT molecular complexity index is 542. The molecule has 0 unspecified atom stereocenters. The number of aromatic nitrogens is 3. The van der Waals surface area contributed by atoms with Crippen molar-refractivity contribution in [3.05, 3.63) is 35.8 Å². The second-order valence-corrected chi connectivity index (χ2v) is 3.89. The number of ether oxygens (including phenoxy) is 1. The van der Waals surface area contributed by atoms with Crippen molar-refractivity contribution in [1.29, 1.82) is 0 Å². The van der Waals surface area contributed by atoms with Crippen LogP contribution in [0.1, 0.15) is 18.3 Å². The first kappa shape index (κ1) is 12.3. The van der Waals surface area contributed by atoms with Crippen molar-refractivity contribution in [2.24, 2.45) is 0 Å². The number of pyridine rings is 1. The highest BCUT2D eigenvalue weighted by atomic mass is 16.5. The van der Waals surface area contributed by atoms with E-state index in [0.29, 0.717) is 17.6 Å². The molecule has 0 aliphatic heterocycles. The fourth-order valence-electron chi connectivity index (χ4n) is 1.52. The molecule has 1 N–H and O–H groups in total. The molecule has 0 spiro atoms. The van der Waals surface area contributed by atoms with Crippen LogP contribution in [0, 0.1) is 13.8 Å². The lowest BCUT2D eigenvalue weighted by atomic mass is 10.3. The van der Waals surface area contributed by atoms with Crippen molar-refractivity contribution in [2.75, 3.05) is 11.9 Å². The number of rotatable bonds is 4. The van der Waals surface area contributed by atoms with Gasteiger partial charge in [-0.3, -0.25) is 4.98 Å². The lowest BCUT2D eigenvalue weighted by molar-refractivity contribution is 0.455. The SMILES string of the molecule is CCNc1nc(C)cc(Oc2cccnc2C)n1. The lowest BCUT2D eigenvalue weighted by Crippen LogP contribution is -2.04. The minimum absolute atomic E-state index is 0.523. The molecule has 0 amide bonds. The van der Waals surface area contributed by atoms with Crippen LogP contribution in [0.3, 0.4) is 0 Å². The van der Waals surface area contributed by atoms with Crippen LogP contribution in [0.4, 0.5) is 5.95 Å². The van der Waals surface area contributed by atoms with Gasteiger partial charge in [0.25, 0.3) is 0 Å². The minimum Gasteiger partial charge on any atom is -0.437 e. The van der Waals surface area contributed by atoms with Crippen molar-refractivity contribution in [3.8, 4) is 11.6 Å². The van der Waals surface area contributed by atoms with Crippen LogP contribution in [0.15, 0.2) is 24.4 Å². The summed E-state index contributed by atoms with van der Waals surface area (Å²) in [5.41, 5.74) is 1.69. The Labute approximate surface area is 106 Å². The summed E-state index contributed by atoms with van der Waals surface area (Å²) in [7, 11) is 0. The van der Waals surface area contributed by atoms with Crippen LogP contribution in [-0.4, -0.2) is 21.5 Å². The van der Waals surface area contributed by atoms with Gasteiger partial charge in [0.05, 0.1) is 5.69 Å². The maximum Gasteiger partial charge on any atom is 0.226 e. The van der Waals surface area contributed by atoms with Crippen molar-refractivity contribution < 1.29 is 4.74 Å². The molecule has 0 fully saturated rings. The molecule has 2 heterocycles. The monoisotopic (exact) mass is 244 g/mol. The Morgan fingerprint density at radius 3 is 2.83 bits per heavy atom. The first-order valence-electron chi connectivity index (χ1n) is 5.88. The fourth-order valence-corrected chi connectivity index (χ4v) is 1.52. The highest BCUT2D eigenvalue weighted by molar-refractivity contribution is 5.34. The Kier molecular flexibility index (Phi) is 3.72. The molecule has 0 aromatic carbocycles. The van der Waals surface area contributed by atoms with E-state index in [2.05, 4.69) is 20.3 Å². The Morgan fingerprint density at radius 2 is 2.11 bits per heavy atom. The molecule has 5 nitrogen and oxygen atoms in total. The van der Waals surface area contributed by atoms with E-state index in [1.54, 1.807) is 12.3 Å². The van der Waals surface area contributed by atoms with Gasteiger partial charge in [0.1, 0.15) is 0 Å². The van der Waals surface area contributed by atoms with Crippen molar-refractivity contribution in [2.45, 2.75) is 20.8 Å². The van der Waals surface area contributed by atoms with Gasteiger partial charge in [-0.1, -0.05) is 0 Å². The Morgan fingerprint density at radius 1 is 1.28 bits per heavy atom. The summed E-state index contributed by atoms with van der Waals surface area (Å²) < 4.78 is 5.72. The average molecular weight is 244 g/mol. The summed E-state index contributed by atoms with van der Waals surface area (Å²) in [6.07, 6.45) is 1.73. The molecule has 2 aromatic heterocycles. The lowest BCUT2D eigenvalue weighted by Gasteiger charge is -2.09. The molecule has 0 radical (unpaired) electrons. The third kappa shape index (κ3) is 2.94. The predicted octanol–water partition coefficient (Wildman–Crippen LogP) is 2.71. The number of hydrogen-bond acceptors (Lipinski definition) is 5. The molecule has 0 saturated heterocycles. The molecule has 0 aliphatic carbocycles. The van der Waals surface area contributed by atoms with Crippen LogP contribution in [0.2, 0.25) is 0 Å². The molecule has 5 heteroatoms. The number of nitrogens with zero attached hydrogens (tertiary/aromatic N) is 3. The molecule has 0 atom stereocenters. The standard InChI is InChI=1S/C13H16N4O/c1-4-14-13-16-9(2)8-12(17-13)18-11-6-5-7-15-10(11)3/h5-8H,4H2,1-3H3,(H,14,16,17). The van der Waals surface area contributed by atoms with Gasteiger partial charge in [-0.05, 0) is 32.9 Å².